The summed E-state index contributed by atoms with van der Waals surface area (Å²) in [5, 5.41) is 0. The van der Waals surface area contributed by atoms with Crippen LogP contribution in [0.1, 0.15) is 17.0 Å². The average molecular weight is 391 g/mol. The molecule has 0 bridgehead atoms. The van der Waals surface area contributed by atoms with Crippen LogP contribution in [-0.2, 0) is 23.1 Å². The number of rotatable bonds is 5. The molecule has 0 radical (unpaired) electrons. The third-order valence-electron chi connectivity index (χ3n) is 5.71. The molecule has 30 heavy (non-hydrogen) atoms. The van der Waals surface area contributed by atoms with E-state index >= 15 is 0 Å². The molecule has 4 heteroatoms. The van der Waals surface area contributed by atoms with Gasteiger partial charge in [-0.15, -0.1) is 0 Å². The molecule has 0 spiro atoms. The number of benzene rings is 2. The number of amides is 1. The molecule has 0 saturated heterocycles. The Morgan fingerprint density at radius 1 is 0.667 bits per heavy atom. The van der Waals surface area contributed by atoms with E-state index in [0.717, 1.165) is 28.3 Å². The van der Waals surface area contributed by atoms with Crippen LogP contribution in [-0.4, -0.2) is 15.9 Å². The smallest absolute Gasteiger partial charge is 0.243 e. The maximum atomic E-state index is 14.2. The van der Waals surface area contributed by atoms with Crippen molar-refractivity contribution in [1.29, 1.82) is 0 Å². The largest absolute Gasteiger partial charge is 0.280 e. The second-order valence-electron chi connectivity index (χ2n) is 7.57. The van der Waals surface area contributed by atoms with Gasteiger partial charge >= 0.3 is 0 Å². The predicted octanol–water partition coefficient (Wildman–Crippen LogP) is 4.88. The third kappa shape index (κ3) is 3.07. The normalized spacial score (nSPS) is 14.5. The number of para-hydroxylation sites is 2. The minimum Gasteiger partial charge on any atom is -0.280 e. The fourth-order valence-electron chi connectivity index (χ4n) is 4.37. The van der Waals surface area contributed by atoms with E-state index in [0.29, 0.717) is 12.8 Å². The maximum absolute atomic E-state index is 14.2. The molecule has 4 aromatic rings. The molecule has 0 saturated carbocycles. The number of pyridine rings is 2. The van der Waals surface area contributed by atoms with Crippen molar-refractivity contribution in [3.05, 3.63) is 120 Å². The molecule has 1 aliphatic heterocycles. The molecule has 5 rings (SSSR count). The Hall–Kier alpha value is -3.79. The van der Waals surface area contributed by atoms with Crippen molar-refractivity contribution in [2.24, 2.45) is 0 Å². The van der Waals surface area contributed by atoms with E-state index in [1.807, 2.05) is 89.8 Å². The number of nitrogens with zero attached hydrogens (tertiary/aromatic N) is 3. The summed E-state index contributed by atoms with van der Waals surface area (Å²) < 4.78 is 0. The number of carbonyl (C=O) groups excluding carboxylic acids is 1. The molecule has 0 N–H and O–H groups in total. The number of hydrogen-bond donors (Lipinski definition) is 0. The molecular formula is C26H21N3O. The van der Waals surface area contributed by atoms with Gasteiger partial charge in [-0.3, -0.25) is 19.7 Å². The lowest BCUT2D eigenvalue weighted by molar-refractivity contribution is -0.122. The van der Waals surface area contributed by atoms with Crippen LogP contribution in [0.5, 0.6) is 0 Å². The molecule has 3 heterocycles. The first-order valence-electron chi connectivity index (χ1n) is 10.1. The number of fused-ring (bicyclic) bond motifs is 1. The van der Waals surface area contributed by atoms with Crippen molar-refractivity contribution in [2.45, 2.75) is 18.3 Å². The Morgan fingerprint density at radius 3 is 1.83 bits per heavy atom. The molecule has 4 nitrogen and oxygen atoms in total. The van der Waals surface area contributed by atoms with Crippen LogP contribution in [0.3, 0.4) is 0 Å². The van der Waals surface area contributed by atoms with Crippen molar-refractivity contribution in [2.75, 3.05) is 4.90 Å². The minimum atomic E-state index is -0.769. The molecule has 0 aliphatic carbocycles. The first kappa shape index (κ1) is 18.3. The highest BCUT2D eigenvalue weighted by Crippen LogP contribution is 2.48. The summed E-state index contributed by atoms with van der Waals surface area (Å²) in [6.07, 6.45) is 4.60. The number of anilines is 2. The predicted molar refractivity (Wildman–Crippen MR) is 118 cm³/mol. The van der Waals surface area contributed by atoms with Gasteiger partial charge in [-0.1, -0.05) is 48.5 Å². The Balaban J connectivity index is 1.70. The van der Waals surface area contributed by atoms with Crippen molar-refractivity contribution in [3.8, 4) is 0 Å². The van der Waals surface area contributed by atoms with Gasteiger partial charge in [-0.2, -0.15) is 0 Å². The van der Waals surface area contributed by atoms with Crippen LogP contribution in [0.25, 0.3) is 0 Å². The number of hydrogen-bond acceptors (Lipinski definition) is 3. The molecular weight excluding hydrogens is 370 g/mol. The van der Waals surface area contributed by atoms with Crippen molar-refractivity contribution in [1.82, 2.24) is 9.97 Å². The standard InChI is InChI=1S/C26H21N3O/c30-25-26(18-20-10-6-8-16-27-20,19-21-11-7-9-17-28-21)23-14-4-5-15-24(23)29(25)22-12-2-1-3-13-22/h1-17H,18-19H2. The van der Waals surface area contributed by atoms with E-state index in [-0.39, 0.29) is 5.91 Å². The molecule has 146 valence electrons. The SMILES string of the molecule is O=C1N(c2ccccc2)c2ccccc2C1(Cc1ccccn1)Cc1ccccn1. The zero-order valence-electron chi connectivity index (χ0n) is 16.5. The molecule has 0 fully saturated rings. The highest BCUT2D eigenvalue weighted by atomic mass is 16.2. The zero-order chi connectivity index (χ0) is 20.4. The monoisotopic (exact) mass is 391 g/mol. The fourth-order valence-corrected chi connectivity index (χ4v) is 4.37. The number of aromatic nitrogens is 2. The Kier molecular flexibility index (Phi) is 4.60. The van der Waals surface area contributed by atoms with Crippen molar-refractivity contribution >= 4 is 17.3 Å². The molecule has 2 aromatic carbocycles. The Bertz CT molecular complexity index is 1120. The summed E-state index contributed by atoms with van der Waals surface area (Å²) in [4.78, 5) is 25.1. The first-order valence-corrected chi connectivity index (χ1v) is 10.1. The van der Waals surface area contributed by atoms with Gasteiger partial charge in [0.1, 0.15) is 0 Å². The van der Waals surface area contributed by atoms with E-state index in [9.17, 15) is 4.79 Å². The second-order valence-corrected chi connectivity index (χ2v) is 7.57. The summed E-state index contributed by atoms with van der Waals surface area (Å²) in [6.45, 7) is 0. The molecule has 1 aliphatic rings. The quantitative estimate of drug-likeness (QED) is 0.487. The summed E-state index contributed by atoms with van der Waals surface area (Å²) in [5.41, 5.74) is 3.85. The molecule has 1 amide bonds. The van der Waals surface area contributed by atoms with Crippen LogP contribution < -0.4 is 4.90 Å². The van der Waals surface area contributed by atoms with Gasteiger partial charge in [0.05, 0.1) is 11.1 Å². The van der Waals surface area contributed by atoms with Crippen molar-refractivity contribution < 1.29 is 4.79 Å². The maximum Gasteiger partial charge on any atom is 0.243 e. The molecule has 2 aromatic heterocycles. The van der Waals surface area contributed by atoms with Crippen molar-refractivity contribution in [3.63, 3.8) is 0 Å². The number of carbonyl (C=O) groups is 1. The summed E-state index contributed by atoms with van der Waals surface area (Å²) in [7, 11) is 0. The third-order valence-corrected chi connectivity index (χ3v) is 5.71. The van der Waals surface area contributed by atoms with Crippen LogP contribution in [0, 0.1) is 0 Å². The molecule has 0 atom stereocenters. The highest BCUT2D eigenvalue weighted by Gasteiger charge is 2.51. The van der Waals surface area contributed by atoms with Gasteiger partial charge in [-0.25, -0.2) is 0 Å². The van der Waals surface area contributed by atoms with Gasteiger partial charge in [0.15, 0.2) is 0 Å². The highest BCUT2D eigenvalue weighted by molar-refractivity contribution is 6.13. The summed E-state index contributed by atoms with van der Waals surface area (Å²) in [6, 6.07) is 29.6. The van der Waals surface area contributed by atoms with Crippen LogP contribution in [0.4, 0.5) is 11.4 Å². The molecule has 0 unspecified atom stereocenters. The van der Waals surface area contributed by atoms with Gasteiger partial charge in [0.25, 0.3) is 0 Å². The topological polar surface area (TPSA) is 46.1 Å². The van der Waals surface area contributed by atoms with E-state index in [2.05, 4.69) is 16.0 Å². The summed E-state index contributed by atoms with van der Waals surface area (Å²) >= 11 is 0. The van der Waals surface area contributed by atoms with Crippen LogP contribution >= 0.6 is 0 Å². The van der Waals surface area contributed by atoms with Crippen LogP contribution in [0.2, 0.25) is 0 Å². The lowest BCUT2D eigenvalue weighted by Crippen LogP contribution is -2.42. The minimum absolute atomic E-state index is 0.0613. The van der Waals surface area contributed by atoms with E-state index in [1.165, 1.54) is 0 Å². The lowest BCUT2D eigenvalue weighted by Gasteiger charge is -2.28. The lowest BCUT2D eigenvalue weighted by atomic mass is 9.74. The van der Waals surface area contributed by atoms with E-state index < -0.39 is 5.41 Å². The van der Waals surface area contributed by atoms with Crippen LogP contribution in [0.15, 0.2) is 103 Å². The fraction of sp³-hybridized carbons (Fsp3) is 0.115. The first-order chi connectivity index (χ1) is 14.8. The average Bonchev–Trinajstić information content (AvgIpc) is 3.04. The van der Waals surface area contributed by atoms with Gasteiger partial charge < -0.3 is 0 Å². The second kappa shape index (κ2) is 7.56. The Labute approximate surface area is 175 Å². The zero-order valence-corrected chi connectivity index (χ0v) is 16.5. The van der Waals surface area contributed by atoms with Gasteiger partial charge in [0.2, 0.25) is 5.91 Å². The van der Waals surface area contributed by atoms with E-state index in [1.54, 1.807) is 12.4 Å². The summed E-state index contributed by atoms with van der Waals surface area (Å²) in [5.74, 6) is 0.0613. The van der Waals surface area contributed by atoms with E-state index in [4.69, 9.17) is 0 Å². The van der Waals surface area contributed by atoms with Gasteiger partial charge in [-0.05, 0) is 48.0 Å². The van der Waals surface area contributed by atoms with Gasteiger partial charge in [0, 0.05) is 42.3 Å². The Morgan fingerprint density at radius 2 is 1.23 bits per heavy atom.